The monoisotopic (exact) mass is 985 g/mol. The molecule has 0 unspecified atom stereocenters. The predicted octanol–water partition coefficient (Wildman–Crippen LogP) is 14.0. The molecule has 0 bridgehead atoms. The fourth-order valence-electron chi connectivity index (χ4n) is 13.0. The summed E-state index contributed by atoms with van der Waals surface area (Å²) in [5.41, 5.74) is 16.5. The van der Waals surface area contributed by atoms with E-state index in [2.05, 4.69) is 273 Å². The van der Waals surface area contributed by atoms with Crippen molar-refractivity contribution in [3.05, 3.63) is 306 Å². The molecule has 0 fully saturated rings. The Bertz CT molecular complexity index is 4110. The van der Waals surface area contributed by atoms with Crippen LogP contribution in [0.5, 0.6) is 11.5 Å². The molecule has 356 valence electrons. The van der Waals surface area contributed by atoms with E-state index in [-0.39, 0.29) is 0 Å². The second-order valence-electron chi connectivity index (χ2n) is 20.1. The lowest BCUT2D eigenvalue weighted by molar-refractivity contribution is 0.437. The van der Waals surface area contributed by atoms with Crippen LogP contribution in [0.15, 0.2) is 273 Å². The molecule has 0 atom stereocenters. The minimum Gasteiger partial charge on any atom is -0.456 e. The van der Waals surface area contributed by atoms with E-state index in [1.54, 1.807) is 0 Å². The van der Waals surface area contributed by atoms with Crippen LogP contribution in [-0.4, -0.2) is 23.0 Å². The van der Waals surface area contributed by atoms with Crippen molar-refractivity contribution in [3.63, 3.8) is 0 Å². The molecule has 2 aliphatic carbocycles. The summed E-state index contributed by atoms with van der Waals surface area (Å²) in [5.74, 6) is 3.24. The predicted molar refractivity (Wildman–Crippen MR) is 311 cm³/mol. The van der Waals surface area contributed by atoms with Gasteiger partial charge in [0.1, 0.15) is 11.5 Å². The highest BCUT2D eigenvalue weighted by Crippen LogP contribution is 2.63. The van der Waals surface area contributed by atoms with Gasteiger partial charge < -0.3 is 4.74 Å². The minimum absolute atomic E-state index is 0.534. The molecule has 11 aromatic carbocycles. The number of aromatic nitrogens is 3. The molecule has 5 heteroatoms. The third-order valence-corrected chi connectivity index (χ3v) is 21.0. The molecule has 1 spiro atoms. The summed E-state index contributed by atoms with van der Waals surface area (Å²) in [6.07, 6.45) is 0.933. The third-order valence-electron chi connectivity index (χ3n) is 16.2. The van der Waals surface area contributed by atoms with Gasteiger partial charge in [-0.15, -0.1) is 0 Å². The number of nitrogens with zero attached hydrogens (tertiary/aromatic N) is 3. The molecule has 3 aliphatic rings. The second-order valence-corrected chi connectivity index (χ2v) is 23.9. The molecule has 0 saturated carbocycles. The van der Waals surface area contributed by atoms with Crippen molar-refractivity contribution in [2.45, 2.75) is 11.8 Å². The standard InChI is InChI=1S/C71H47N3OSi/c1-4-24-51(25-5-1)76(52-26-6-2-7-27-52,53-28-8-3-9-29-53)54-30-20-23-50(45-54)68-72-69(59-35-13-12-31-55(59)49-43-42-48-44-47-22-10-11-32-56(47)61(48)46-49)74-70(73-68)60-36-21-40-65-67(60)75-66-41-19-18-39-64(66)71(65)62-37-16-14-33-57(62)58-34-15-17-38-63(58)71/h1-43,45-46H,44H2. The van der Waals surface area contributed by atoms with Crippen LogP contribution in [0.4, 0.5) is 0 Å². The Hall–Kier alpha value is -9.55. The lowest BCUT2D eigenvalue weighted by atomic mass is 9.66. The molecule has 1 aromatic heterocycles. The summed E-state index contributed by atoms with van der Waals surface area (Å²) < 4.78 is 7.25. The molecule has 0 N–H and O–H groups in total. The maximum Gasteiger partial charge on any atom is 0.179 e. The van der Waals surface area contributed by atoms with Crippen molar-refractivity contribution in [3.8, 4) is 79.0 Å². The van der Waals surface area contributed by atoms with Gasteiger partial charge in [-0.25, -0.2) is 15.0 Å². The molecule has 4 nitrogen and oxygen atoms in total. The average molecular weight is 986 g/mol. The van der Waals surface area contributed by atoms with Crippen LogP contribution >= 0.6 is 0 Å². The zero-order valence-corrected chi connectivity index (χ0v) is 42.4. The molecule has 0 saturated heterocycles. The van der Waals surface area contributed by atoms with E-state index >= 15 is 0 Å². The first-order valence-corrected chi connectivity index (χ1v) is 28.1. The number of fused-ring (bicyclic) bond motifs is 12. The summed E-state index contributed by atoms with van der Waals surface area (Å²) in [5, 5.41) is 5.12. The highest BCUT2D eigenvalue weighted by Gasteiger charge is 2.51. The molecular weight excluding hydrogens is 939 g/mol. The van der Waals surface area contributed by atoms with Crippen LogP contribution in [0.3, 0.4) is 0 Å². The Morgan fingerprint density at radius 2 is 0.776 bits per heavy atom. The number of para-hydroxylation sites is 2. The maximum atomic E-state index is 7.25. The first-order chi connectivity index (χ1) is 37.7. The molecule has 15 rings (SSSR count). The Morgan fingerprint density at radius 3 is 1.45 bits per heavy atom. The van der Waals surface area contributed by atoms with Gasteiger partial charge in [0, 0.05) is 22.3 Å². The van der Waals surface area contributed by atoms with Gasteiger partial charge in [0.2, 0.25) is 0 Å². The van der Waals surface area contributed by atoms with E-state index in [1.807, 2.05) is 0 Å². The van der Waals surface area contributed by atoms with Crippen molar-refractivity contribution in [2.75, 3.05) is 0 Å². The smallest absolute Gasteiger partial charge is 0.179 e. The van der Waals surface area contributed by atoms with Gasteiger partial charge in [-0.05, 0) is 101 Å². The molecule has 76 heavy (non-hydrogen) atoms. The summed E-state index contributed by atoms with van der Waals surface area (Å²) in [4.78, 5) is 16.7. The molecule has 12 aromatic rings. The van der Waals surface area contributed by atoms with Crippen LogP contribution in [0.25, 0.3) is 67.5 Å². The Balaban J connectivity index is 0.982. The largest absolute Gasteiger partial charge is 0.456 e. The van der Waals surface area contributed by atoms with Crippen LogP contribution in [0.2, 0.25) is 0 Å². The van der Waals surface area contributed by atoms with E-state index in [4.69, 9.17) is 19.7 Å². The Labute approximate surface area is 443 Å². The quantitative estimate of drug-likeness (QED) is 0.112. The van der Waals surface area contributed by atoms with Gasteiger partial charge in [-0.2, -0.15) is 0 Å². The van der Waals surface area contributed by atoms with Crippen LogP contribution in [-0.2, 0) is 11.8 Å². The average Bonchev–Trinajstić information content (AvgIpc) is 4.20. The number of ether oxygens (including phenoxy) is 1. The summed E-state index contributed by atoms with van der Waals surface area (Å²) in [6, 6.07) is 99.1. The second kappa shape index (κ2) is 17.6. The number of hydrogen-bond acceptors (Lipinski definition) is 4. The maximum absolute atomic E-state index is 7.25. The van der Waals surface area contributed by atoms with Crippen molar-refractivity contribution in [2.24, 2.45) is 0 Å². The van der Waals surface area contributed by atoms with Gasteiger partial charge >= 0.3 is 0 Å². The van der Waals surface area contributed by atoms with Gasteiger partial charge in [0.15, 0.2) is 25.5 Å². The minimum atomic E-state index is -2.93. The zero-order chi connectivity index (χ0) is 50.2. The number of hydrogen-bond donors (Lipinski definition) is 0. The van der Waals surface area contributed by atoms with Crippen molar-refractivity contribution < 1.29 is 4.74 Å². The molecule has 1 aliphatic heterocycles. The highest BCUT2D eigenvalue weighted by molar-refractivity contribution is 7.19. The summed E-state index contributed by atoms with van der Waals surface area (Å²) in [6.45, 7) is 0. The molecular formula is C71H47N3OSi. The van der Waals surface area contributed by atoms with Gasteiger partial charge in [0.25, 0.3) is 0 Å². The topological polar surface area (TPSA) is 47.9 Å². The van der Waals surface area contributed by atoms with E-state index in [0.717, 1.165) is 56.9 Å². The van der Waals surface area contributed by atoms with E-state index in [0.29, 0.717) is 17.5 Å². The normalized spacial score (nSPS) is 13.2. The highest BCUT2D eigenvalue weighted by atomic mass is 28.3. The zero-order valence-electron chi connectivity index (χ0n) is 41.4. The molecule has 0 amide bonds. The molecule has 0 radical (unpaired) electrons. The van der Waals surface area contributed by atoms with E-state index in [1.165, 1.54) is 65.3 Å². The van der Waals surface area contributed by atoms with Gasteiger partial charge in [0.05, 0.1) is 11.0 Å². The van der Waals surface area contributed by atoms with Crippen molar-refractivity contribution >= 4 is 28.8 Å². The van der Waals surface area contributed by atoms with Crippen LogP contribution in [0, 0.1) is 0 Å². The van der Waals surface area contributed by atoms with Gasteiger partial charge in [-0.1, -0.05) is 255 Å². The Kier molecular flexibility index (Phi) is 10.2. The van der Waals surface area contributed by atoms with Crippen LogP contribution in [0.1, 0.15) is 33.4 Å². The third kappa shape index (κ3) is 6.59. The summed E-state index contributed by atoms with van der Waals surface area (Å²) in [7, 11) is -2.93. The van der Waals surface area contributed by atoms with E-state index < -0.39 is 13.5 Å². The molecule has 2 heterocycles. The number of rotatable bonds is 8. The first-order valence-electron chi connectivity index (χ1n) is 26.1. The van der Waals surface area contributed by atoms with Crippen molar-refractivity contribution in [1.82, 2.24) is 15.0 Å². The Morgan fingerprint density at radius 1 is 0.303 bits per heavy atom. The summed E-state index contributed by atoms with van der Waals surface area (Å²) >= 11 is 0. The van der Waals surface area contributed by atoms with Crippen molar-refractivity contribution in [1.29, 1.82) is 0 Å². The fraction of sp³-hybridized carbons (Fsp3) is 0.0282. The first kappa shape index (κ1) is 44.0. The number of benzene rings is 11. The lowest BCUT2D eigenvalue weighted by Gasteiger charge is -2.39. The lowest BCUT2D eigenvalue weighted by Crippen LogP contribution is -2.74. The SMILES string of the molecule is c1ccc([Si](c2ccccc2)(c2ccccc2)c2cccc(-c3nc(-c4ccccc4-c4ccc5c(c4)-c4ccccc4C5)nc(-c4cccc5c4Oc4ccccc4C54c5ccccc5-c5ccccc54)n3)c2)cc1. The van der Waals surface area contributed by atoms with Crippen LogP contribution < -0.4 is 25.5 Å². The fourth-order valence-corrected chi connectivity index (χ4v) is 17.8. The van der Waals surface area contributed by atoms with Gasteiger partial charge in [-0.3, -0.25) is 0 Å². The van der Waals surface area contributed by atoms with E-state index in [9.17, 15) is 0 Å².